The van der Waals surface area contributed by atoms with Crippen LogP contribution in [0.5, 0.6) is 0 Å². The number of amides is 2. The summed E-state index contributed by atoms with van der Waals surface area (Å²) in [6, 6.07) is 15.0. The summed E-state index contributed by atoms with van der Waals surface area (Å²) in [5, 5.41) is 16.3. The first-order valence-electron chi connectivity index (χ1n) is 15.1. The molecule has 2 aliphatic heterocycles. The first-order valence-corrected chi connectivity index (χ1v) is 16.1. The first-order chi connectivity index (χ1) is 21.4. The molecule has 2 amide bonds. The highest BCUT2D eigenvalue weighted by Gasteiger charge is 2.24. The molecule has 0 saturated carbocycles. The van der Waals surface area contributed by atoms with E-state index in [4.69, 9.17) is 10.7 Å². The minimum absolute atomic E-state index is 0. The molecule has 0 aliphatic carbocycles. The third kappa shape index (κ3) is 11.5. The number of rotatable bonds is 10. The Kier molecular flexibility index (Phi) is 16.7. The number of anilines is 2. The second-order valence-electron chi connectivity index (χ2n) is 11.3. The van der Waals surface area contributed by atoms with E-state index in [1.54, 1.807) is 24.3 Å². The minimum atomic E-state index is -0.165. The van der Waals surface area contributed by atoms with Gasteiger partial charge in [0.15, 0.2) is 5.16 Å². The summed E-state index contributed by atoms with van der Waals surface area (Å²) < 4.78 is 0. The highest BCUT2D eigenvalue weighted by Crippen LogP contribution is 2.29. The van der Waals surface area contributed by atoms with E-state index < -0.39 is 0 Å². The fourth-order valence-corrected chi connectivity index (χ4v) is 6.40. The highest BCUT2D eigenvalue weighted by molar-refractivity contribution is 7.98. The molecule has 1 aromatic carbocycles. The molecule has 0 atom stereocenters. The number of halogens is 3. The number of hydrogen-bond acceptors (Lipinski definition) is 10. The van der Waals surface area contributed by atoms with Crippen LogP contribution in [0.25, 0.3) is 11.3 Å². The van der Waals surface area contributed by atoms with Gasteiger partial charge >= 0.3 is 0 Å². The molecule has 11 nitrogen and oxygen atoms in total. The number of hydrogen-bond donors (Lipinski definition) is 3. The number of piperidine rings is 1. The van der Waals surface area contributed by atoms with Gasteiger partial charge in [-0.3, -0.25) is 19.5 Å². The average Bonchev–Trinajstić information content (AvgIpc) is 3.03. The molecule has 47 heavy (non-hydrogen) atoms. The van der Waals surface area contributed by atoms with E-state index in [9.17, 15) is 14.9 Å². The molecule has 0 bridgehead atoms. The molecule has 5 rings (SSSR count). The Morgan fingerprint density at radius 2 is 1.68 bits per heavy atom. The molecule has 15 heteroatoms. The average molecular weight is 723 g/mol. The van der Waals surface area contributed by atoms with Crippen molar-refractivity contribution in [2.75, 3.05) is 56.9 Å². The Balaban J connectivity index is 0.00000256. The molecule has 2 saturated heterocycles. The fourth-order valence-electron chi connectivity index (χ4n) is 5.64. The Morgan fingerprint density at radius 1 is 1.00 bits per heavy atom. The topological polar surface area (TPSA) is 153 Å². The number of carbonyl (C=O) groups excluding carboxylic acids is 2. The number of nitrogens with one attached hydrogen (secondary N) is 2. The number of aromatic nitrogens is 3. The molecule has 4 heterocycles. The maximum Gasteiger partial charge on any atom is 0.223 e. The lowest BCUT2D eigenvalue weighted by Crippen LogP contribution is -2.50. The van der Waals surface area contributed by atoms with E-state index in [1.165, 1.54) is 31.5 Å². The maximum atomic E-state index is 13.0. The van der Waals surface area contributed by atoms with Crippen molar-refractivity contribution >= 4 is 72.3 Å². The summed E-state index contributed by atoms with van der Waals surface area (Å²) in [5.74, 6) is 1.41. The van der Waals surface area contributed by atoms with Gasteiger partial charge in [0.05, 0.1) is 11.4 Å². The summed E-state index contributed by atoms with van der Waals surface area (Å²) in [7, 11) is 0. The molecule has 0 radical (unpaired) electrons. The van der Waals surface area contributed by atoms with E-state index in [0.29, 0.717) is 40.7 Å². The van der Waals surface area contributed by atoms with Gasteiger partial charge in [0.1, 0.15) is 17.5 Å². The number of carbonyl (C=O) groups is 2. The van der Waals surface area contributed by atoms with Crippen LogP contribution in [0.1, 0.15) is 43.1 Å². The summed E-state index contributed by atoms with van der Waals surface area (Å²) in [5.41, 5.74) is 9.84. The van der Waals surface area contributed by atoms with Crippen molar-refractivity contribution < 1.29 is 9.59 Å². The van der Waals surface area contributed by atoms with Gasteiger partial charge in [0, 0.05) is 68.8 Å². The summed E-state index contributed by atoms with van der Waals surface area (Å²) >= 11 is 1.38. The lowest BCUT2D eigenvalue weighted by molar-refractivity contribution is -0.133. The number of thioether (sulfide) groups is 1. The number of nitriles is 1. The monoisotopic (exact) mass is 721 g/mol. The molecule has 2 fully saturated rings. The second-order valence-corrected chi connectivity index (χ2v) is 12.2. The number of nitrogens with two attached hydrogens (primary N) is 1. The van der Waals surface area contributed by atoms with Crippen molar-refractivity contribution in [1.82, 2.24) is 30.1 Å². The van der Waals surface area contributed by atoms with Crippen molar-refractivity contribution in [3.05, 3.63) is 59.4 Å². The summed E-state index contributed by atoms with van der Waals surface area (Å²) in [6.07, 6.45) is 3.52. The Bertz CT molecular complexity index is 1510. The summed E-state index contributed by atoms with van der Waals surface area (Å²) in [6.45, 7) is 8.32. The van der Waals surface area contributed by atoms with E-state index in [1.807, 2.05) is 23.1 Å². The van der Waals surface area contributed by atoms with E-state index in [0.717, 1.165) is 63.1 Å². The van der Waals surface area contributed by atoms with Crippen molar-refractivity contribution in [3.8, 4) is 17.3 Å². The third-order valence-corrected chi connectivity index (χ3v) is 8.90. The molecule has 254 valence electrons. The molecular formula is C32H42Cl3N9O2S. The van der Waals surface area contributed by atoms with Crippen molar-refractivity contribution in [1.29, 1.82) is 5.26 Å². The molecular weight excluding hydrogens is 681 g/mol. The van der Waals surface area contributed by atoms with Gasteiger partial charge < -0.3 is 21.3 Å². The van der Waals surface area contributed by atoms with Crippen LogP contribution in [0.15, 0.2) is 47.6 Å². The zero-order valence-corrected chi connectivity index (χ0v) is 29.6. The van der Waals surface area contributed by atoms with E-state index in [2.05, 4.69) is 31.6 Å². The van der Waals surface area contributed by atoms with Crippen LogP contribution in [-0.4, -0.2) is 82.4 Å². The van der Waals surface area contributed by atoms with Gasteiger partial charge in [0.25, 0.3) is 0 Å². The van der Waals surface area contributed by atoms with Crippen LogP contribution in [0.3, 0.4) is 0 Å². The van der Waals surface area contributed by atoms with E-state index >= 15 is 0 Å². The smallest absolute Gasteiger partial charge is 0.223 e. The van der Waals surface area contributed by atoms with Crippen LogP contribution in [-0.2, 0) is 21.8 Å². The van der Waals surface area contributed by atoms with Gasteiger partial charge in [-0.15, -0.1) is 37.2 Å². The number of pyridine rings is 1. The fraction of sp³-hybridized carbons (Fsp3) is 0.438. The molecule has 2 aliphatic rings. The molecule has 2 aromatic heterocycles. The molecule has 0 spiro atoms. The first kappa shape index (κ1) is 40.0. The van der Waals surface area contributed by atoms with Crippen molar-refractivity contribution in [2.24, 2.45) is 5.92 Å². The van der Waals surface area contributed by atoms with Gasteiger partial charge in [-0.05, 0) is 62.5 Å². The second kappa shape index (κ2) is 19.6. The van der Waals surface area contributed by atoms with Gasteiger partial charge in [-0.1, -0.05) is 30.0 Å². The van der Waals surface area contributed by atoms with Crippen molar-refractivity contribution in [2.45, 2.75) is 43.5 Å². The van der Waals surface area contributed by atoms with Gasteiger partial charge in [-0.2, -0.15) is 5.26 Å². The predicted molar refractivity (Wildman–Crippen MR) is 193 cm³/mol. The molecule has 3 aromatic rings. The van der Waals surface area contributed by atoms with Gasteiger partial charge in [-0.25, -0.2) is 9.97 Å². The minimum Gasteiger partial charge on any atom is -0.382 e. The standard InChI is InChI=1S/C32H39N9O2S.3ClH/c1-22(42)36-26-7-5-24(6-8-26)30-28(19-33)31(34)39-32(38-30)44-21-27-4-2-3-25(37-27)9-10-29(43)41-17-15-40(16-18-41)20-23-11-13-35-14-12-23;;;/h2-8,23,35H,9-18,20-21H2,1H3,(H,36,42)(H2,34,38,39);3*1H. The zero-order valence-electron chi connectivity index (χ0n) is 26.3. The molecule has 0 unspecified atom stereocenters. The number of benzene rings is 1. The number of nitrogens with zero attached hydrogens (tertiary/aromatic N) is 6. The summed E-state index contributed by atoms with van der Waals surface area (Å²) in [4.78, 5) is 42.6. The van der Waals surface area contributed by atoms with Crippen LogP contribution >= 0.6 is 49.0 Å². The number of nitrogen functional groups attached to an aromatic ring is 1. The normalized spacial score (nSPS) is 14.9. The van der Waals surface area contributed by atoms with Crippen molar-refractivity contribution in [3.63, 3.8) is 0 Å². The maximum absolute atomic E-state index is 13.0. The predicted octanol–water partition coefficient (Wildman–Crippen LogP) is 4.58. The zero-order chi connectivity index (χ0) is 30.9. The van der Waals surface area contributed by atoms with Crippen LogP contribution in [0, 0.1) is 17.2 Å². The molecule has 4 N–H and O–H groups in total. The Labute approximate surface area is 299 Å². The Morgan fingerprint density at radius 3 is 2.34 bits per heavy atom. The van der Waals surface area contributed by atoms with Crippen LogP contribution < -0.4 is 16.4 Å². The van der Waals surface area contributed by atoms with Crippen LogP contribution in [0.4, 0.5) is 11.5 Å². The van der Waals surface area contributed by atoms with Gasteiger partial charge in [0.2, 0.25) is 11.8 Å². The number of aryl methyl sites for hydroxylation is 1. The highest BCUT2D eigenvalue weighted by atomic mass is 35.5. The SMILES string of the molecule is CC(=O)Nc1ccc(-c2nc(SCc3cccc(CCC(=O)N4CCN(CC5CCNCC5)CC4)n3)nc(N)c2C#N)cc1.Cl.Cl.Cl. The Hall–Kier alpha value is -3.18. The lowest BCUT2D eigenvalue weighted by Gasteiger charge is -2.37. The third-order valence-electron chi connectivity index (χ3n) is 8.02. The van der Waals surface area contributed by atoms with E-state index in [-0.39, 0.29) is 60.4 Å². The lowest BCUT2D eigenvalue weighted by atomic mass is 9.97. The largest absolute Gasteiger partial charge is 0.382 e. The van der Waals surface area contributed by atoms with Crippen LogP contribution in [0.2, 0.25) is 0 Å². The quantitative estimate of drug-likeness (QED) is 0.200. The number of piperazine rings is 1.